The van der Waals surface area contributed by atoms with Gasteiger partial charge < -0.3 is 19.7 Å². The number of carbonyl (C=O) groups is 1. The van der Waals surface area contributed by atoms with E-state index in [2.05, 4.69) is 10.2 Å². The van der Waals surface area contributed by atoms with Crippen molar-refractivity contribution in [3.05, 3.63) is 18.2 Å². The molecular weight excluding hydrogens is 346 g/mol. The molecule has 2 saturated heterocycles. The van der Waals surface area contributed by atoms with E-state index in [1.54, 1.807) is 23.1 Å². The van der Waals surface area contributed by atoms with Crippen molar-refractivity contribution in [2.24, 2.45) is 0 Å². The van der Waals surface area contributed by atoms with Crippen LogP contribution >= 0.6 is 0 Å². The summed E-state index contributed by atoms with van der Waals surface area (Å²) in [7, 11) is -2.88. The molecule has 2 fully saturated rings. The van der Waals surface area contributed by atoms with E-state index < -0.39 is 9.84 Å². The summed E-state index contributed by atoms with van der Waals surface area (Å²) in [5.74, 6) is 1.84. The van der Waals surface area contributed by atoms with Crippen LogP contribution in [0, 0.1) is 0 Å². The summed E-state index contributed by atoms with van der Waals surface area (Å²) in [5, 5.41) is 2.88. The van der Waals surface area contributed by atoms with Gasteiger partial charge in [0.1, 0.15) is 0 Å². The van der Waals surface area contributed by atoms with E-state index in [0.717, 1.165) is 0 Å². The van der Waals surface area contributed by atoms with E-state index in [1.165, 1.54) is 0 Å². The van der Waals surface area contributed by atoms with Crippen LogP contribution in [-0.2, 0) is 9.84 Å². The SMILES string of the molecule is O=C(Nc1ccc2c(c1)OCO2)N1CCN(C2CCS(=O)(=O)C2)CC1. The normalized spacial score (nSPS) is 25.1. The van der Waals surface area contributed by atoms with Gasteiger partial charge in [0, 0.05) is 44.0 Å². The first-order valence-electron chi connectivity index (χ1n) is 8.40. The fourth-order valence-corrected chi connectivity index (χ4v) is 5.29. The largest absolute Gasteiger partial charge is 0.454 e. The molecule has 1 atom stereocenters. The van der Waals surface area contributed by atoms with Crippen LogP contribution in [0.5, 0.6) is 11.5 Å². The van der Waals surface area contributed by atoms with Gasteiger partial charge in [0.05, 0.1) is 11.5 Å². The smallest absolute Gasteiger partial charge is 0.321 e. The molecular formula is C16H21N3O5S. The van der Waals surface area contributed by atoms with E-state index in [0.29, 0.717) is 49.8 Å². The second-order valence-electron chi connectivity index (χ2n) is 6.58. The highest BCUT2D eigenvalue weighted by molar-refractivity contribution is 7.91. The van der Waals surface area contributed by atoms with Crippen molar-refractivity contribution in [3.63, 3.8) is 0 Å². The Morgan fingerprint density at radius 1 is 1.12 bits per heavy atom. The van der Waals surface area contributed by atoms with E-state index in [1.807, 2.05) is 0 Å². The van der Waals surface area contributed by atoms with Crippen LogP contribution in [0.25, 0.3) is 0 Å². The Morgan fingerprint density at radius 3 is 2.60 bits per heavy atom. The quantitative estimate of drug-likeness (QED) is 0.830. The molecule has 1 unspecified atom stereocenters. The molecule has 25 heavy (non-hydrogen) atoms. The first kappa shape index (κ1) is 16.5. The second-order valence-corrected chi connectivity index (χ2v) is 8.81. The predicted octanol–water partition coefficient (Wildman–Crippen LogP) is 0.752. The number of amides is 2. The van der Waals surface area contributed by atoms with Crippen molar-refractivity contribution in [2.75, 3.05) is 49.8 Å². The summed E-state index contributed by atoms with van der Waals surface area (Å²) >= 11 is 0. The standard InChI is InChI=1S/C16H21N3O5S/c20-16(17-12-1-2-14-15(9-12)24-11-23-14)19-6-4-18(5-7-19)13-3-8-25(21,22)10-13/h1-2,9,13H,3-8,10-11H2,(H,17,20). The molecule has 4 rings (SSSR count). The number of carbonyl (C=O) groups excluding carboxylic acids is 1. The van der Waals surface area contributed by atoms with Gasteiger partial charge in [-0.3, -0.25) is 4.90 Å². The van der Waals surface area contributed by atoms with Crippen LogP contribution in [-0.4, -0.2) is 74.8 Å². The Morgan fingerprint density at radius 2 is 1.88 bits per heavy atom. The van der Waals surface area contributed by atoms with Gasteiger partial charge in [-0.2, -0.15) is 0 Å². The predicted molar refractivity (Wildman–Crippen MR) is 91.8 cm³/mol. The molecule has 1 aromatic carbocycles. The van der Waals surface area contributed by atoms with Crippen molar-refractivity contribution in [2.45, 2.75) is 12.5 Å². The van der Waals surface area contributed by atoms with Gasteiger partial charge in [0.2, 0.25) is 6.79 Å². The summed E-state index contributed by atoms with van der Waals surface area (Å²) in [6, 6.07) is 5.25. The minimum Gasteiger partial charge on any atom is -0.454 e. The Kier molecular flexibility index (Phi) is 4.20. The zero-order valence-corrected chi connectivity index (χ0v) is 14.6. The minimum atomic E-state index is -2.88. The molecule has 8 nitrogen and oxygen atoms in total. The number of hydrogen-bond donors (Lipinski definition) is 1. The number of urea groups is 1. The number of sulfone groups is 1. The summed E-state index contributed by atoms with van der Waals surface area (Å²) < 4.78 is 33.8. The lowest BCUT2D eigenvalue weighted by atomic mass is 10.2. The maximum absolute atomic E-state index is 12.4. The lowest BCUT2D eigenvalue weighted by Gasteiger charge is -2.37. The van der Waals surface area contributed by atoms with Gasteiger partial charge in [0.15, 0.2) is 21.3 Å². The molecule has 9 heteroatoms. The molecule has 0 radical (unpaired) electrons. The molecule has 3 aliphatic rings. The Balaban J connectivity index is 1.31. The van der Waals surface area contributed by atoms with E-state index in [9.17, 15) is 13.2 Å². The molecule has 0 spiro atoms. The number of nitrogens with one attached hydrogen (secondary N) is 1. The first-order valence-corrected chi connectivity index (χ1v) is 10.2. The Hall–Kier alpha value is -2.00. The van der Waals surface area contributed by atoms with Crippen molar-refractivity contribution >= 4 is 21.6 Å². The third-order valence-corrected chi connectivity index (χ3v) is 6.70. The zero-order valence-electron chi connectivity index (χ0n) is 13.8. The Bertz CT molecular complexity index is 774. The maximum Gasteiger partial charge on any atom is 0.321 e. The number of ether oxygens (including phenoxy) is 2. The molecule has 3 heterocycles. The third-order valence-electron chi connectivity index (χ3n) is 4.95. The Labute approximate surface area is 146 Å². The lowest BCUT2D eigenvalue weighted by molar-refractivity contribution is 0.121. The van der Waals surface area contributed by atoms with Crippen LogP contribution in [0.4, 0.5) is 10.5 Å². The molecule has 1 aromatic rings. The summed E-state index contributed by atoms with van der Waals surface area (Å²) in [4.78, 5) is 16.4. The summed E-state index contributed by atoms with van der Waals surface area (Å²) in [6.07, 6.45) is 0.700. The maximum atomic E-state index is 12.4. The number of nitrogens with zero attached hydrogens (tertiary/aromatic N) is 2. The fourth-order valence-electron chi connectivity index (χ4n) is 3.53. The van der Waals surface area contributed by atoms with Crippen LogP contribution < -0.4 is 14.8 Å². The lowest BCUT2D eigenvalue weighted by Crippen LogP contribution is -2.53. The van der Waals surface area contributed by atoms with Gasteiger partial charge >= 0.3 is 6.03 Å². The van der Waals surface area contributed by atoms with Crippen molar-refractivity contribution in [3.8, 4) is 11.5 Å². The topological polar surface area (TPSA) is 88.2 Å². The highest BCUT2D eigenvalue weighted by atomic mass is 32.2. The molecule has 0 aromatic heterocycles. The van der Waals surface area contributed by atoms with E-state index >= 15 is 0 Å². The van der Waals surface area contributed by atoms with Crippen molar-refractivity contribution < 1.29 is 22.7 Å². The van der Waals surface area contributed by atoms with Gasteiger partial charge in [-0.25, -0.2) is 13.2 Å². The average Bonchev–Trinajstić information content (AvgIpc) is 3.20. The van der Waals surface area contributed by atoms with Crippen LogP contribution in [0.3, 0.4) is 0 Å². The minimum absolute atomic E-state index is 0.101. The van der Waals surface area contributed by atoms with Crippen LogP contribution in [0.1, 0.15) is 6.42 Å². The third kappa shape index (κ3) is 3.52. The van der Waals surface area contributed by atoms with Gasteiger partial charge in [-0.1, -0.05) is 0 Å². The van der Waals surface area contributed by atoms with Crippen LogP contribution in [0.15, 0.2) is 18.2 Å². The van der Waals surface area contributed by atoms with Crippen LogP contribution in [0.2, 0.25) is 0 Å². The number of rotatable bonds is 2. The molecule has 0 saturated carbocycles. The van der Waals surface area contributed by atoms with Crippen molar-refractivity contribution in [1.29, 1.82) is 0 Å². The molecule has 2 amide bonds. The second kappa shape index (κ2) is 6.38. The average molecular weight is 367 g/mol. The van der Waals surface area contributed by atoms with Gasteiger partial charge in [-0.15, -0.1) is 0 Å². The van der Waals surface area contributed by atoms with Gasteiger partial charge in [0.25, 0.3) is 0 Å². The number of benzene rings is 1. The van der Waals surface area contributed by atoms with Gasteiger partial charge in [-0.05, 0) is 18.6 Å². The molecule has 1 N–H and O–H groups in total. The van der Waals surface area contributed by atoms with E-state index in [-0.39, 0.29) is 30.4 Å². The monoisotopic (exact) mass is 367 g/mol. The molecule has 0 bridgehead atoms. The number of piperazine rings is 1. The highest BCUT2D eigenvalue weighted by Crippen LogP contribution is 2.34. The molecule has 136 valence electrons. The summed E-state index contributed by atoms with van der Waals surface area (Å²) in [6.45, 7) is 2.79. The highest BCUT2D eigenvalue weighted by Gasteiger charge is 2.34. The first-order chi connectivity index (χ1) is 12.0. The molecule has 0 aliphatic carbocycles. The zero-order chi connectivity index (χ0) is 17.4. The number of fused-ring (bicyclic) bond motifs is 1. The number of anilines is 1. The fraction of sp³-hybridized carbons (Fsp3) is 0.562. The number of hydrogen-bond acceptors (Lipinski definition) is 6. The van der Waals surface area contributed by atoms with E-state index in [4.69, 9.17) is 9.47 Å². The summed E-state index contributed by atoms with van der Waals surface area (Å²) in [5.41, 5.74) is 0.665. The molecule has 3 aliphatic heterocycles. The van der Waals surface area contributed by atoms with Crippen molar-refractivity contribution in [1.82, 2.24) is 9.80 Å².